The highest BCUT2D eigenvalue weighted by molar-refractivity contribution is 6.12. The van der Waals surface area contributed by atoms with Crippen LogP contribution in [0.4, 0.5) is 11.4 Å². The molecule has 3 saturated heterocycles. The van der Waals surface area contributed by atoms with E-state index in [0.29, 0.717) is 28.1 Å². The van der Waals surface area contributed by atoms with Crippen molar-refractivity contribution in [3.8, 4) is 5.75 Å². The number of methoxy groups -OCH3 is 1. The van der Waals surface area contributed by atoms with Crippen LogP contribution in [0.5, 0.6) is 5.75 Å². The van der Waals surface area contributed by atoms with Gasteiger partial charge < -0.3 is 24.0 Å². The number of ketones is 2. The van der Waals surface area contributed by atoms with Gasteiger partial charge in [0.2, 0.25) is 0 Å². The molecule has 0 N–H and O–H groups in total. The third-order valence-electron chi connectivity index (χ3n) is 12.8. The topological polar surface area (TPSA) is 102 Å². The molecule has 5 aromatic rings. The molecule has 1 spiro atoms. The molecular formula is C48H40N2O7. The van der Waals surface area contributed by atoms with E-state index in [1.807, 2.05) is 114 Å². The number of fused-ring (bicyclic) bond motifs is 11. The Morgan fingerprint density at radius 3 is 1.84 bits per heavy atom. The molecule has 7 atom stereocenters. The first-order valence-electron chi connectivity index (χ1n) is 19.4. The number of para-hydroxylation sites is 2. The molecule has 0 amide bonds. The summed E-state index contributed by atoms with van der Waals surface area (Å²) in [4.78, 5) is 65.7. The van der Waals surface area contributed by atoms with Crippen molar-refractivity contribution < 1.29 is 33.4 Å². The predicted molar refractivity (Wildman–Crippen MR) is 214 cm³/mol. The van der Waals surface area contributed by atoms with E-state index in [9.17, 15) is 0 Å². The molecule has 9 nitrogen and oxygen atoms in total. The number of carbonyl (C=O) groups excluding carboxylic acids is 4. The Kier molecular flexibility index (Phi) is 7.84. The summed E-state index contributed by atoms with van der Waals surface area (Å²) in [6.45, 7) is 3.09. The molecule has 5 aliphatic heterocycles. The van der Waals surface area contributed by atoms with Gasteiger partial charge in [0.1, 0.15) is 17.8 Å². The molecule has 5 heterocycles. The van der Waals surface area contributed by atoms with E-state index in [-0.39, 0.29) is 11.6 Å². The minimum Gasteiger partial charge on any atom is -0.497 e. The van der Waals surface area contributed by atoms with Gasteiger partial charge >= 0.3 is 11.9 Å². The van der Waals surface area contributed by atoms with Crippen LogP contribution in [0.25, 0.3) is 6.08 Å². The summed E-state index contributed by atoms with van der Waals surface area (Å²) in [7, 11) is 1.57. The van der Waals surface area contributed by atoms with Crippen LogP contribution in [-0.4, -0.2) is 60.6 Å². The van der Waals surface area contributed by atoms with Crippen molar-refractivity contribution in [2.24, 2.45) is 11.3 Å². The van der Waals surface area contributed by atoms with Gasteiger partial charge in [0.25, 0.3) is 5.79 Å². The second-order valence-corrected chi connectivity index (χ2v) is 16.0. The van der Waals surface area contributed by atoms with Crippen LogP contribution < -0.4 is 14.5 Å². The smallest absolute Gasteiger partial charge is 0.329 e. The van der Waals surface area contributed by atoms with E-state index in [4.69, 9.17) is 14.2 Å². The Morgan fingerprint density at radius 2 is 1.21 bits per heavy atom. The molecule has 5 aliphatic rings. The van der Waals surface area contributed by atoms with Crippen molar-refractivity contribution in [2.75, 3.05) is 16.9 Å². The fourth-order valence-electron chi connectivity index (χ4n) is 10.7. The Balaban J connectivity index is 1.30. The molecule has 10 rings (SSSR count). The summed E-state index contributed by atoms with van der Waals surface area (Å²) >= 11 is 0. The van der Waals surface area contributed by atoms with Crippen LogP contribution in [0.1, 0.15) is 63.1 Å². The number of nitrogens with zero attached hydrogens (tertiary/aromatic N) is 2. The summed E-state index contributed by atoms with van der Waals surface area (Å²) in [5.74, 6) is -5.00. The van der Waals surface area contributed by atoms with E-state index < -0.39 is 65.1 Å². The van der Waals surface area contributed by atoms with E-state index in [1.54, 1.807) is 45.2 Å². The van der Waals surface area contributed by atoms with Crippen LogP contribution >= 0.6 is 0 Å². The summed E-state index contributed by atoms with van der Waals surface area (Å²) in [5.41, 5.74) is 2.91. The number of hydrogen-bond donors (Lipinski definition) is 0. The first-order valence-corrected chi connectivity index (χ1v) is 19.4. The lowest BCUT2D eigenvalue weighted by atomic mass is 9.60. The Morgan fingerprint density at radius 1 is 0.649 bits per heavy atom. The second kappa shape index (κ2) is 12.8. The fourth-order valence-corrected chi connectivity index (χ4v) is 10.7. The molecule has 0 aromatic heterocycles. The average Bonchev–Trinajstić information content (AvgIpc) is 3.75. The van der Waals surface area contributed by atoms with Crippen molar-refractivity contribution in [1.82, 2.24) is 0 Å². The second-order valence-electron chi connectivity index (χ2n) is 16.0. The van der Waals surface area contributed by atoms with Crippen molar-refractivity contribution in [2.45, 2.75) is 55.6 Å². The average molecular weight is 757 g/mol. The number of benzene rings is 5. The van der Waals surface area contributed by atoms with Gasteiger partial charge in [-0.3, -0.25) is 19.2 Å². The van der Waals surface area contributed by atoms with Crippen LogP contribution in [0, 0.1) is 11.3 Å². The standard InChI is InChI=1S/C48H40N2O7/c1-47(2)56-45(53)48(46(54)57-47)39(29-22-25-32(55-3)26-23-29)41(43(52)31-17-8-5-9-18-31)50-35-21-13-11-19-33(35)37-38(44(48)50)36-27-24-28-14-10-12-20-34(28)49(36)40(37)42(51)30-15-6-4-7-16-30/h4-27,36-41,44H,1-3H3/t36-,37+,38-,39+,40+,41+,44+/m0/s1. The highest BCUT2D eigenvalue weighted by Gasteiger charge is 2.79. The first kappa shape index (κ1) is 35.0. The van der Waals surface area contributed by atoms with Crippen LogP contribution in [0.15, 0.2) is 140 Å². The summed E-state index contributed by atoms with van der Waals surface area (Å²) in [6.07, 6.45) is 4.15. The largest absolute Gasteiger partial charge is 0.497 e. The zero-order valence-electron chi connectivity index (χ0n) is 31.7. The number of hydrogen-bond acceptors (Lipinski definition) is 9. The number of anilines is 2. The van der Waals surface area contributed by atoms with Crippen molar-refractivity contribution in [3.05, 3.63) is 167 Å². The van der Waals surface area contributed by atoms with Crippen molar-refractivity contribution >= 4 is 41.0 Å². The molecule has 5 aromatic carbocycles. The van der Waals surface area contributed by atoms with Gasteiger partial charge in [-0.25, -0.2) is 0 Å². The van der Waals surface area contributed by atoms with E-state index >= 15 is 19.2 Å². The third-order valence-corrected chi connectivity index (χ3v) is 12.8. The van der Waals surface area contributed by atoms with Crippen LogP contribution in [0.2, 0.25) is 0 Å². The number of Topliss-reactive ketones (excluding diaryl/α,β-unsaturated/α-hetero) is 2. The molecular weight excluding hydrogens is 717 g/mol. The number of esters is 2. The Hall–Kier alpha value is -6.48. The number of carbonyl (C=O) groups is 4. The molecule has 0 unspecified atom stereocenters. The SMILES string of the molecule is COc1ccc([C@@H]2[C@H](C(=O)c3ccccc3)N3c4ccccc4[C@@H]4[C@H]([C@@H]5C=Cc6ccccc6N5[C@H]4C(=O)c4ccccc4)[C@@H]3C23C(=O)OC(C)(C)OC3=O)cc1. The van der Waals surface area contributed by atoms with Crippen molar-refractivity contribution in [1.29, 1.82) is 0 Å². The molecule has 284 valence electrons. The summed E-state index contributed by atoms with van der Waals surface area (Å²) in [5, 5.41) is 0. The maximum atomic E-state index is 15.4. The van der Waals surface area contributed by atoms with Crippen LogP contribution in [0.3, 0.4) is 0 Å². The highest BCUT2D eigenvalue weighted by Crippen LogP contribution is 2.67. The number of ether oxygens (including phenoxy) is 3. The maximum absolute atomic E-state index is 15.4. The first-order chi connectivity index (χ1) is 27.7. The van der Waals surface area contributed by atoms with Gasteiger partial charge in [-0.1, -0.05) is 121 Å². The normalized spacial score (nSPS) is 27.0. The molecule has 9 heteroatoms. The monoisotopic (exact) mass is 756 g/mol. The maximum Gasteiger partial charge on any atom is 0.329 e. The summed E-state index contributed by atoms with van der Waals surface area (Å²) < 4.78 is 17.9. The lowest BCUT2D eigenvalue weighted by Gasteiger charge is -2.50. The number of cyclic esters (lactones) is 2. The van der Waals surface area contributed by atoms with Gasteiger partial charge in [0.05, 0.1) is 19.2 Å². The fraction of sp³-hybridized carbons (Fsp3) is 0.250. The van der Waals surface area contributed by atoms with E-state index in [0.717, 1.165) is 16.8 Å². The van der Waals surface area contributed by atoms with Gasteiger partial charge in [-0.05, 0) is 41.0 Å². The van der Waals surface area contributed by atoms with Gasteiger partial charge in [-0.15, -0.1) is 0 Å². The highest BCUT2D eigenvalue weighted by atomic mass is 16.7. The Labute approximate surface area is 330 Å². The molecule has 57 heavy (non-hydrogen) atoms. The predicted octanol–water partition coefficient (Wildman–Crippen LogP) is 7.62. The van der Waals surface area contributed by atoms with Crippen molar-refractivity contribution in [3.63, 3.8) is 0 Å². The molecule has 0 radical (unpaired) electrons. The van der Waals surface area contributed by atoms with E-state index in [1.165, 1.54) is 0 Å². The van der Waals surface area contributed by atoms with Gasteiger partial charge in [0.15, 0.2) is 17.0 Å². The van der Waals surface area contributed by atoms with Gasteiger partial charge in [0, 0.05) is 54.1 Å². The summed E-state index contributed by atoms with van der Waals surface area (Å²) in [6, 6.07) is 38.0. The number of rotatable bonds is 6. The lowest BCUT2D eigenvalue weighted by Crippen LogP contribution is -2.64. The van der Waals surface area contributed by atoms with Crippen LogP contribution in [-0.2, 0) is 19.1 Å². The Bertz CT molecular complexity index is 2460. The lowest BCUT2D eigenvalue weighted by molar-refractivity contribution is -0.253. The zero-order chi connectivity index (χ0) is 39.2. The molecule has 0 saturated carbocycles. The molecule has 0 bridgehead atoms. The minimum absolute atomic E-state index is 0.0768. The zero-order valence-corrected chi connectivity index (χ0v) is 31.7. The van der Waals surface area contributed by atoms with Gasteiger partial charge in [-0.2, -0.15) is 0 Å². The molecule has 0 aliphatic carbocycles. The van der Waals surface area contributed by atoms with E-state index in [2.05, 4.69) is 17.1 Å². The minimum atomic E-state index is -2.04. The quantitative estimate of drug-likeness (QED) is 0.0984. The molecule has 3 fully saturated rings. The third kappa shape index (κ3) is 4.94.